The van der Waals surface area contributed by atoms with Gasteiger partial charge in [0, 0.05) is 74.3 Å². The summed E-state index contributed by atoms with van der Waals surface area (Å²) in [6.45, 7) is 10.1. The first-order valence-corrected chi connectivity index (χ1v) is 36.5. The van der Waals surface area contributed by atoms with Crippen LogP contribution in [0.25, 0.3) is 0 Å². The van der Waals surface area contributed by atoms with Crippen LogP contribution in [0.4, 0.5) is 13.2 Å². The second-order valence-electron chi connectivity index (χ2n) is 29.9. The first-order valence-electron chi connectivity index (χ1n) is 36.1. The van der Waals surface area contributed by atoms with Crippen LogP contribution in [-0.2, 0) is 57.5 Å². The fourth-order valence-corrected chi connectivity index (χ4v) is 16.0. The summed E-state index contributed by atoms with van der Waals surface area (Å²) in [5, 5.41) is 7.56. The maximum atomic E-state index is 15.5. The largest absolute Gasteiger partial charge is 0.393 e. The van der Waals surface area contributed by atoms with E-state index < -0.39 is 174 Å². The third-order valence-corrected chi connectivity index (χ3v) is 22.8. The zero-order chi connectivity index (χ0) is 72.8. The normalized spacial score (nSPS) is 29.6. The van der Waals surface area contributed by atoms with Gasteiger partial charge in [-0.15, -0.1) is 11.6 Å². The highest BCUT2D eigenvalue weighted by molar-refractivity contribution is 6.21. The maximum Gasteiger partial charge on any atom is 0.393 e. The average Bonchev–Trinajstić information content (AvgIpc) is 1.37. The molecule has 12 amide bonds. The second kappa shape index (κ2) is 35.9. The van der Waals surface area contributed by atoms with E-state index in [0.29, 0.717) is 58.0 Å². The highest BCUT2D eigenvalue weighted by Gasteiger charge is 2.52. The molecule has 0 aromatic carbocycles. The number of hydrogen-bond donors (Lipinski definition) is 3. The molecule has 554 valence electrons. The van der Waals surface area contributed by atoms with Crippen LogP contribution in [0, 0.1) is 35.5 Å². The summed E-state index contributed by atoms with van der Waals surface area (Å²) in [7, 11) is 9.95. The lowest BCUT2D eigenvalue weighted by Gasteiger charge is -2.42. The highest BCUT2D eigenvalue weighted by atomic mass is 35.5. The Hall–Kier alpha value is -6.28. The van der Waals surface area contributed by atoms with Crippen molar-refractivity contribution in [1.82, 2.24) is 60.0 Å². The van der Waals surface area contributed by atoms with Gasteiger partial charge in [0.1, 0.15) is 47.8 Å². The molecule has 3 N–H and O–H groups in total. The van der Waals surface area contributed by atoms with Crippen molar-refractivity contribution in [1.29, 1.82) is 0 Å². The average molecular weight is 1410 g/mol. The van der Waals surface area contributed by atoms with E-state index >= 15 is 19.2 Å². The van der Waals surface area contributed by atoms with Crippen LogP contribution < -0.4 is 16.0 Å². The molecule has 6 aliphatic rings. The van der Waals surface area contributed by atoms with Crippen molar-refractivity contribution in [2.75, 3.05) is 88.6 Å². The lowest BCUT2D eigenvalue weighted by atomic mass is 9.78. The van der Waals surface area contributed by atoms with E-state index in [1.807, 2.05) is 27.7 Å². The smallest absolute Gasteiger partial charge is 0.343 e. The summed E-state index contributed by atoms with van der Waals surface area (Å²) in [4.78, 5) is 190. The fourth-order valence-electron chi connectivity index (χ4n) is 15.5. The zero-order valence-electron chi connectivity index (χ0n) is 60.5. The predicted octanol–water partition coefficient (Wildman–Crippen LogP) is 5.56. The molecule has 3 saturated carbocycles. The number of carbonyl (C=O) groups is 12. The number of amides is 12. The molecule has 0 radical (unpaired) electrons. The van der Waals surface area contributed by atoms with E-state index in [9.17, 15) is 51.5 Å². The van der Waals surface area contributed by atoms with E-state index in [0.717, 1.165) is 46.8 Å². The molecule has 3 unspecified atom stereocenters. The molecular formula is C70H114ClF3N12O12. The third kappa shape index (κ3) is 20.3. The molecule has 6 fully saturated rings. The quantitative estimate of drug-likeness (QED) is 0.203. The molecule has 12 atom stereocenters. The Bertz CT molecular complexity index is 2840. The van der Waals surface area contributed by atoms with E-state index in [1.165, 1.54) is 73.8 Å². The number of rotatable bonds is 12. The number of alkyl halides is 4. The molecule has 24 nitrogen and oxygen atoms in total. The lowest BCUT2D eigenvalue weighted by Crippen LogP contribution is -2.65. The SMILES string of the molecule is CC[C@H](C)[C@@H]1NC(=O)[C@H](CC(C)C)N(C)C(=O)C[C@H](C(=O)N2CCCC2)N(C)C(=O)[C@H]([C@@H](C)CC)N(C)C(=O)C2(CCCC2)NC(=O)[C@@H]2CCCN2C(=O)[C@H](CCC2CCC(C(F)(F)F)C(Cl)C2)NC(=O)CN(C)C(=O)[C@H](CC2CCCCC2)N(C)C(=O)CN(C)C(=O)CN(C)C1=O. The summed E-state index contributed by atoms with van der Waals surface area (Å²) in [6, 6.07) is -8.61. The van der Waals surface area contributed by atoms with Crippen LogP contribution in [-0.4, -0.2) is 263 Å². The van der Waals surface area contributed by atoms with Crippen LogP contribution >= 0.6 is 11.6 Å². The number of fused-ring (bicyclic) bond motifs is 1. The lowest BCUT2D eigenvalue weighted by molar-refractivity contribution is -0.182. The first kappa shape index (κ1) is 80.7. The van der Waals surface area contributed by atoms with Gasteiger partial charge >= 0.3 is 6.18 Å². The van der Waals surface area contributed by atoms with Crippen molar-refractivity contribution in [2.24, 2.45) is 35.5 Å². The number of likely N-dealkylation sites (N-methyl/N-ethyl adjacent to an activating group) is 7. The van der Waals surface area contributed by atoms with Gasteiger partial charge in [0.05, 0.1) is 32.0 Å². The van der Waals surface area contributed by atoms with Crippen molar-refractivity contribution in [2.45, 2.75) is 249 Å². The van der Waals surface area contributed by atoms with Crippen LogP contribution in [0.15, 0.2) is 0 Å². The van der Waals surface area contributed by atoms with Crippen molar-refractivity contribution in [3.63, 3.8) is 0 Å². The van der Waals surface area contributed by atoms with E-state index in [1.54, 1.807) is 18.7 Å². The second-order valence-corrected chi connectivity index (χ2v) is 30.4. The molecule has 0 aromatic heterocycles. The van der Waals surface area contributed by atoms with E-state index in [2.05, 4.69) is 16.0 Å². The molecule has 0 aromatic rings. The van der Waals surface area contributed by atoms with Gasteiger partial charge in [-0.05, 0) is 113 Å². The molecule has 3 saturated heterocycles. The van der Waals surface area contributed by atoms with Crippen molar-refractivity contribution in [3.8, 4) is 0 Å². The molecular weight excluding hydrogens is 1290 g/mol. The Balaban J connectivity index is 1.41. The summed E-state index contributed by atoms with van der Waals surface area (Å²) in [5.74, 6) is -10.9. The molecule has 1 spiro atoms. The number of hydrogen-bond acceptors (Lipinski definition) is 12. The van der Waals surface area contributed by atoms with Gasteiger partial charge in [-0.3, -0.25) is 57.5 Å². The molecule has 98 heavy (non-hydrogen) atoms. The third-order valence-electron chi connectivity index (χ3n) is 22.3. The topological polar surface area (TPSA) is 270 Å². The summed E-state index contributed by atoms with van der Waals surface area (Å²) in [5.41, 5.74) is -1.56. The summed E-state index contributed by atoms with van der Waals surface area (Å²) >= 11 is 6.39. The van der Waals surface area contributed by atoms with Gasteiger partial charge < -0.3 is 60.0 Å². The van der Waals surface area contributed by atoms with Gasteiger partial charge in [0.2, 0.25) is 70.9 Å². The Morgan fingerprint density at radius 2 is 1.18 bits per heavy atom. The van der Waals surface area contributed by atoms with Crippen LogP contribution in [0.3, 0.4) is 0 Å². The Kier molecular flexibility index (Phi) is 29.5. The first-order chi connectivity index (χ1) is 46.1. The standard InChI is InChI=1S/C70H114ClF3N12O12/c1-14-44(5)59-66(96)80(9)41-57(89)78(7)42-58(90)82(11)53(38-46-24-17-16-18-25-46)64(94)79(8)40-55(87)75-50(30-28-47-27-29-48(49(71)37-47)70(72,73)74)63(93)86-35-23-26-51(86)62(92)77-69(31-19-20-32-69)68(98)84(13)60(45(6)15-2)67(97)83(12)54(65(95)85-33-21-22-34-85)39-56(88)81(10)52(36-43(3)4)61(91)76-59/h43-54,59-60H,14-42H2,1-13H3,(H,75,87)(H,76,91)(H,77,92)/t44-,45-,47?,48?,49?,50-,51-,52-,53-,54+,59-,60-/m0/s1. The minimum atomic E-state index is -4.51. The molecule has 28 heteroatoms. The van der Waals surface area contributed by atoms with Crippen molar-refractivity contribution < 1.29 is 70.7 Å². The Morgan fingerprint density at radius 1 is 0.582 bits per heavy atom. The minimum Gasteiger partial charge on any atom is -0.343 e. The maximum absolute atomic E-state index is 15.5. The van der Waals surface area contributed by atoms with E-state index in [4.69, 9.17) is 11.6 Å². The van der Waals surface area contributed by atoms with Gasteiger partial charge in [0.25, 0.3) is 0 Å². The minimum absolute atomic E-state index is 0.000570. The summed E-state index contributed by atoms with van der Waals surface area (Å²) in [6.07, 6.45) is 3.80. The Morgan fingerprint density at radius 3 is 1.78 bits per heavy atom. The number of nitrogens with zero attached hydrogens (tertiary/aromatic N) is 9. The molecule has 3 aliphatic heterocycles. The fraction of sp³-hybridized carbons (Fsp3) is 0.829. The Labute approximate surface area is 583 Å². The van der Waals surface area contributed by atoms with Crippen LogP contribution in [0.5, 0.6) is 0 Å². The van der Waals surface area contributed by atoms with Crippen LogP contribution in [0.2, 0.25) is 0 Å². The number of halogens is 4. The monoisotopic (exact) mass is 1410 g/mol. The van der Waals surface area contributed by atoms with Gasteiger partial charge in [0.15, 0.2) is 0 Å². The van der Waals surface area contributed by atoms with Crippen LogP contribution in [0.1, 0.15) is 189 Å². The number of nitrogens with one attached hydrogen (secondary N) is 3. The molecule has 3 aliphatic carbocycles. The molecule has 6 rings (SSSR count). The van der Waals surface area contributed by atoms with Gasteiger partial charge in [-0.2, -0.15) is 13.2 Å². The van der Waals surface area contributed by atoms with Gasteiger partial charge in [-0.1, -0.05) is 99.3 Å². The zero-order valence-corrected chi connectivity index (χ0v) is 61.3. The van der Waals surface area contributed by atoms with Crippen molar-refractivity contribution >= 4 is 82.5 Å². The van der Waals surface area contributed by atoms with Gasteiger partial charge in [-0.25, -0.2) is 0 Å². The predicted molar refractivity (Wildman–Crippen MR) is 363 cm³/mol. The highest BCUT2D eigenvalue weighted by Crippen LogP contribution is 2.44. The van der Waals surface area contributed by atoms with Crippen molar-refractivity contribution in [3.05, 3.63) is 0 Å². The van der Waals surface area contributed by atoms with E-state index in [-0.39, 0.29) is 88.5 Å². The molecule has 0 bridgehead atoms. The molecule has 3 heterocycles. The number of likely N-dealkylation sites (tertiary alicyclic amines) is 1. The number of carbonyl (C=O) groups excluding carboxylic acids is 12. The summed E-state index contributed by atoms with van der Waals surface area (Å²) < 4.78 is 42.0.